The summed E-state index contributed by atoms with van der Waals surface area (Å²) < 4.78 is 4.18. The molecule has 5 heteroatoms. The van der Waals surface area contributed by atoms with Crippen LogP contribution in [0.3, 0.4) is 0 Å². The second-order valence-corrected chi connectivity index (χ2v) is 5.71. The molecule has 1 atom stereocenters. The maximum Gasteiger partial charge on any atom is 0.105 e. The van der Waals surface area contributed by atoms with Crippen LogP contribution in [0.25, 0.3) is 0 Å². The van der Waals surface area contributed by atoms with Gasteiger partial charge in [0.2, 0.25) is 0 Å². The van der Waals surface area contributed by atoms with E-state index in [1.165, 1.54) is 36.2 Å². The molecule has 2 aromatic rings. The van der Waals surface area contributed by atoms with Crippen LogP contribution in [0.2, 0.25) is 0 Å². The van der Waals surface area contributed by atoms with E-state index in [-0.39, 0.29) is 0 Å². The van der Waals surface area contributed by atoms with Crippen LogP contribution >= 0.6 is 0 Å². The molecule has 0 aliphatic heterocycles. The zero-order valence-corrected chi connectivity index (χ0v) is 12.6. The van der Waals surface area contributed by atoms with Gasteiger partial charge < -0.3 is 9.88 Å². The van der Waals surface area contributed by atoms with Crippen LogP contribution in [0.5, 0.6) is 0 Å². The molecule has 3 rings (SSSR count). The second kappa shape index (κ2) is 5.40. The molecular weight excluding hydrogens is 250 g/mol. The van der Waals surface area contributed by atoms with Crippen molar-refractivity contribution in [1.29, 1.82) is 0 Å². The van der Waals surface area contributed by atoms with E-state index >= 15 is 0 Å². The van der Waals surface area contributed by atoms with Crippen molar-refractivity contribution >= 4 is 0 Å². The first-order valence-electron chi connectivity index (χ1n) is 7.38. The normalized spacial score (nSPS) is 18.9. The predicted octanol–water partition coefficient (Wildman–Crippen LogP) is 2.02. The van der Waals surface area contributed by atoms with Crippen molar-refractivity contribution in [2.45, 2.75) is 45.2 Å². The fourth-order valence-corrected chi connectivity index (χ4v) is 3.07. The van der Waals surface area contributed by atoms with E-state index in [2.05, 4.69) is 27.0 Å². The molecule has 1 aliphatic carbocycles. The molecule has 5 nitrogen and oxygen atoms in total. The van der Waals surface area contributed by atoms with Crippen LogP contribution in [-0.4, -0.2) is 19.3 Å². The Hall–Kier alpha value is -1.62. The summed E-state index contributed by atoms with van der Waals surface area (Å²) in [6, 6.07) is 0.398. The third kappa shape index (κ3) is 2.38. The lowest BCUT2D eigenvalue weighted by atomic mass is 10.1. The van der Waals surface area contributed by atoms with Gasteiger partial charge in [0.15, 0.2) is 0 Å². The van der Waals surface area contributed by atoms with Gasteiger partial charge in [0, 0.05) is 32.9 Å². The van der Waals surface area contributed by atoms with Gasteiger partial charge in [-0.3, -0.25) is 4.68 Å². The lowest BCUT2D eigenvalue weighted by Gasteiger charge is -2.19. The van der Waals surface area contributed by atoms with Crippen molar-refractivity contribution in [3.63, 3.8) is 0 Å². The van der Waals surface area contributed by atoms with E-state index in [1.54, 1.807) is 0 Å². The minimum atomic E-state index is 0.398. The fraction of sp³-hybridized carbons (Fsp3) is 0.600. The highest BCUT2D eigenvalue weighted by molar-refractivity contribution is 5.23. The van der Waals surface area contributed by atoms with Gasteiger partial charge >= 0.3 is 0 Å². The molecule has 1 aliphatic rings. The van der Waals surface area contributed by atoms with Crippen molar-refractivity contribution in [1.82, 2.24) is 24.6 Å². The van der Waals surface area contributed by atoms with E-state index in [9.17, 15) is 0 Å². The third-order valence-corrected chi connectivity index (χ3v) is 4.43. The molecule has 0 fully saturated rings. The van der Waals surface area contributed by atoms with Crippen LogP contribution in [-0.2, 0) is 27.1 Å². The highest BCUT2D eigenvalue weighted by atomic mass is 15.3. The van der Waals surface area contributed by atoms with Gasteiger partial charge in [0.1, 0.15) is 5.82 Å². The van der Waals surface area contributed by atoms with Crippen LogP contribution in [0.1, 0.15) is 48.1 Å². The number of nitrogens with zero attached hydrogens (tertiary/aromatic N) is 4. The second-order valence-electron chi connectivity index (χ2n) is 5.71. The first-order chi connectivity index (χ1) is 9.66. The molecular formula is C15H23N5. The number of aromatic nitrogens is 4. The average Bonchev–Trinajstić information content (AvgIpc) is 2.87. The molecule has 0 saturated heterocycles. The lowest BCUT2D eigenvalue weighted by molar-refractivity contribution is 0.453. The Morgan fingerprint density at radius 2 is 2.15 bits per heavy atom. The Morgan fingerprint density at radius 1 is 1.30 bits per heavy atom. The molecule has 0 radical (unpaired) electrons. The molecule has 0 bridgehead atoms. The van der Waals surface area contributed by atoms with Gasteiger partial charge in [0.25, 0.3) is 0 Å². The predicted molar refractivity (Wildman–Crippen MR) is 78.3 cm³/mol. The number of aryl methyl sites for hydroxylation is 3. The molecule has 0 spiro atoms. The van der Waals surface area contributed by atoms with Gasteiger partial charge in [-0.1, -0.05) is 6.42 Å². The largest absolute Gasteiger partial charge is 0.334 e. The summed E-state index contributed by atoms with van der Waals surface area (Å²) in [4.78, 5) is 4.36. The number of imidazole rings is 1. The van der Waals surface area contributed by atoms with Crippen molar-refractivity contribution in [3.8, 4) is 0 Å². The summed E-state index contributed by atoms with van der Waals surface area (Å²) in [5.74, 6) is 1.06. The summed E-state index contributed by atoms with van der Waals surface area (Å²) >= 11 is 0. The summed E-state index contributed by atoms with van der Waals surface area (Å²) in [5, 5.41) is 8.12. The number of hydrogen-bond donors (Lipinski definition) is 1. The molecule has 108 valence electrons. The quantitative estimate of drug-likeness (QED) is 0.870. The van der Waals surface area contributed by atoms with Crippen LogP contribution < -0.4 is 5.32 Å². The fourth-order valence-electron chi connectivity index (χ4n) is 3.07. The zero-order valence-electron chi connectivity index (χ0n) is 12.6. The minimum Gasteiger partial charge on any atom is -0.334 e. The summed E-state index contributed by atoms with van der Waals surface area (Å²) in [7, 11) is 4.12. The maximum absolute atomic E-state index is 4.43. The number of fused-ring (bicyclic) bond motifs is 1. The highest BCUT2D eigenvalue weighted by Gasteiger charge is 2.22. The van der Waals surface area contributed by atoms with Crippen LogP contribution in [0.4, 0.5) is 0 Å². The molecule has 0 amide bonds. The molecule has 2 heterocycles. The summed E-state index contributed by atoms with van der Waals surface area (Å²) in [6.45, 7) is 2.89. The first-order valence-corrected chi connectivity index (χ1v) is 7.38. The Kier molecular flexibility index (Phi) is 3.61. The van der Waals surface area contributed by atoms with Gasteiger partial charge in [-0.2, -0.15) is 5.10 Å². The van der Waals surface area contributed by atoms with Crippen molar-refractivity contribution in [2.24, 2.45) is 14.1 Å². The van der Waals surface area contributed by atoms with Crippen LogP contribution in [0.15, 0.2) is 12.4 Å². The smallest absolute Gasteiger partial charge is 0.105 e. The maximum atomic E-state index is 4.43. The number of nitrogens with one attached hydrogen (secondary N) is 1. The Balaban J connectivity index is 1.77. The SMILES string of the molecule is Cc1ncc(CNC2CCCCc3cnn(C)c32)n1C. The molecule has 1 N–H and O–H groups in total. The van der Waals surface area contributed by atoms with E-state index < -0.39 is 0 Å². The Morgan fingerprint density at radius 3 is 2.90 bits per heavy atom. The molecule has 0 saturated carbocycles. The minimum absolute atomic E-state index is 0.398. The lowest BCUT2D eigenvalue weighted by Crippen LogP contribution is -2.24. The highest BCUT2D eigenvalue weighted by Crippen LogP contribution is 2.28. The Bertz CT molecular complexity index is 595. The van der Waals surface area contributed by atoms with Crippen molar-refractivity contribution < 1.29 is 0 Å². The van der Waals surface area contributed by atoms with Crippen LogP contribution in [0, 0.1) is 6.92 Å². The molecule has 0 aromatic carbocycles. The zero-order chi connectivity index (χ0) is 14.1. The number of hydrogen-bond acceptors (Lipinski definition) is 3. The van der Waals surface area contributed by atoms with Gasteiger partial charge in [-0.05, 0) is 31.7 Å². The van der Waals surface area contributed by atoms with Gasteiger partial charge in [0.05, 0.1) is 17.6 Å². The monoisotopic (exact) mass is 273 g/mol. The van der Waals surface area contributed by atoms with Gasteiger partial charge in [-0.15, -0.1) is 0 Å². The van der Waals surface area contributed by atoms with Crippen molar-refractivity contribution in [2.75, 3.05) is 0 Å². The third-order valence-electron chi connectivity index (χ3n) is 4.43. The van der Waals surface area contributed by atoms with E-state index in [1.807, 2.05) is 31.0 Å². The topological polar surface area (TPSA) is 47.7 Å². The average molecular weight is 273 g/mol. The summed E-state index contributed by atoms with van der Waals surface area (Å²) in [6.07, 6.45) is 8.88. The van der Waals surface area contributed by atoms with Crippen molar-refractivity contribution in [3.05, 3.63) is 35.2 Å². The standard InChI is InChI=1S/C15H23N5/c1-11-16-9-13(19(11)2)10-17-14-7-5-4-6-12-8-18-20(3)15(12)14/h8-9,14,17H,4-7,10H2,1-3H3. The molecule has 2 aromatic heterocycles. The van der Waals surface area contributed by atoms with E-state index in [0.29, 0.717) is 6.04 Å². The first kappa shape index (κ1) is 13.4. The summed E-state index contributed by atoms with van der Waals surface area (Å²) in [5.41, 5.74) is 4.00. The van der Waals surface area contributed by atoms with E-state index in [4.69, 9.17) is 0 Å². The van der Waals surface area contributed by atoms with E-state index in [0.717, 1.165) is 18.8 Å². The molecule has 20 heavy (non-hydrogen) atoms. The molecule has 1 unspecified atom stereocenters. The van der Waals surface area contributed by atoms with Gasteiger partial charge in [-0.25, -0.2) is 4.98 Å². The Labute approximate surface area is 120 Å². The number of rotatable bonds is 3.